The first-order valence-electron chi connectivity index (χ1n) is 5.39. The molecule has 1 amide bonds. The number of nitrogens with one attached hydrogen (secondary N) is 1. The van der Waals surface area contributed by atoms with Gasteiger partial charge in [-0.2, -0.15) is 0 Å². The van der Waals surface area contributed by atoms with Crippen molar-refractivity contribution in [1.82, 2.24) is 10.3 Å². The number of hydrogen-bond donors (Lipinski definition) is 2. The number of carbonyl (C=O) groups excluding carboxylic acids is 1. The Hall–Kier alpha value is -1.42. The number of nitrogens with zero attached hydrogens (tertiary/aromatic N) is 1. The lowest BCUT2D eigenvalue weighted by molar-refractivity contribution is 0.0891. The molecule has 1 heterocycles. The lowest BCUT2D eigenvalue weighted by Gasteiger charge is -2.19. The van der Waals surface area contributed by atoms with Crippen LogP contribution in [0.2, 0.25) is 0 Å². The number of aryl methyl sites for hydroxylation is 1. The molecule has 1 unspecified atom stereocenters. The quantitative estimate of drug-likeness (QED) is 0.803. The summed E-state index contributed by atoms with van der Waals surface area (Å²) in [5.41, 5.74) is 1.25. The Bertz CT molecular complexity index is 364. The van der Waals surface area contributed by atoms with Gasteiger partial charge in [-0.15, -0.1) is 0 Å². The Morgan fingerprint density at radius 1 is 1.56 bits per heavy atom. The molecule has 0 spiro atoms. The smallest absolute Gasteiger partial charge is 0.270 e. The van der Waals surface area contributed by atoms with Crippen molar-refractivity contribution in [3.8, 4) is 0 Å². The number of carbonyl (C=O) groups is 1. The Kier molecular flexibility index (Phi) is 4.43. The second-order valence-corrected chi connectivity index (χ2v) is 4.18. The maximum Gasteiger partial charge on any atom is 0.270 e. The van der Waals surface area contributed by atoms with Gasteiger partial charge in [-0.3, -0.25) is 9.78 Å². The van der Waals surface area contributed by atoms with E-state index < -0.39 is 0 Å². The summed E-state index contributed by atoms with van der Waals surface area (Å²) in [6.45, 7) is 5.68. The normalized spacial score (nSPS) is 12.6. The van der Waals surface area contributed by atoms with E-state index in [1.54, 1.807) is 12.3 Å². The molecule has 4 heteroatoms. The number of amides is 1. The standard InChI is InChI=1S/C12H18N2O2/c1-8(2)10(7-15)14-12(16)11-9(3)5-4-6-13-11/h4-6,8,10,15H,7H2,1-3H3,(H,14,16). The van der Waals surface area contributed by atoms with Crippen LogP contribution in [0.15, 0.2) is 18.3 Å². The Morgan fingerprint density at radius 3 is 2.75 bits per heavy atom. The molecule has 1 rings (SSSR count). The van der Waals surface area contributed by atoms with Crippen LogP contribution in [0.4, 0.5) is 0 Å². The molecular formula is C12H18N2O2. The van der Waals surface area contributed by atoms with Crippen molar-refractivity contribution in [3.63, 3.8) is 0 Å². The van der Waals surface area contributed by atoms with E-state index in [-0.39, 0.29) is 24.5 Å². The topological polar surface area (TPSA) is 62.2 Å². The van der Waals surface area contributed by atoms with Crippen LogP contribution in [-0.4, -0.2) is 28.6 Å². The van der Waals surface area contributed by atoms with Gasteiger partial charge >= 0.3 is 0 Å². The molecule has 0 aliphatic heterocycles. The Balaban J connectivity index is 2.76. The van der Waals surface area contributed by atoms with E-state index in [2.05, 4.69) is 10.3 Å². The second kappa shape index (κ2) is 5.61. The molecule has 4 nitrogen and oxygen atoms in total. The molecule has 1 atom stereocenters. The van der Waals surface area contributed by atoms with Crippen LogP contribution in [0.3, 0.4) is 0 Å². The molecule has 2 N–H and O–H groups in total. The fraction of sp³-hybridized carbons (Fsp3) is 0.500. The van der Waals surface area contributed by atoms with E-state index in [1.807, 2.05) is 26.8 Å². The molecule has 0 aliphatic rings. The summed E-state index contributed by atoms with van der Waals surface area (Å²) in [4.78, 5) is 15.9. The molecule has 1 aromatic heterocycles. The SMILES string of the molecule is Cc1cccnc1C(=O)NC(CO)C(C)C. The molecule has 16 heavy (non-hydrogen) atoms. The molecule has 1 aromatic rings. The van der Waals surface area contributed by atoms with Gasteiger partial charge in [0, 0.05) is 6.20 Å². The molecule has 0 saturated heterocycles. The van der Waals surface area contributed by atoms with Crippen LogP contribution >= 0.6 is 0 Å². The third kappa shape index (κ3) is 3.03. The summed E-state index contributed by atoms with van der Waals surface area (Å²) < 4.78 is 0. The summed E-state index contributed by atoms with van der Waals surface area (Å²) in [6, 6.07) is 3.40. The first-order valence-corrected chi connectivity index (χ1v) is 5.39. The van der Waals surface area contributed by atoms with Crippen molar-refractivity contribution < 1.29 is 9.90 Å². The molecular weight excluding hydrogens is 204 g/mol. The lowest BCUT2D eigenvalue weighted by Crippen LogP contribution is -2.41. The third-order valence-corrected chi connectivity index (χ3v) is 2.54. The maximum absolute atomic E-state index is 11.9. The highest BCUT2D eigenvalue weighted by Gasteiger charge is 2.17. The molecule has 0 saturated carbocycles. The summed E-state index contributed by atoms with van der Waals surface area (Å²) >= 11 is 0. The van der Waals surface area contributed by atoms with E-state index in [0.717, 1.165) is 5.56 Å². The fourth-order valence-corrected chi connectivity index (χ4v) is 1.38. The van der Waals surface area contributed by atoms with Crippen molar-refractivity contribution in [3.05, 3.63) is 29.6 Å². The minimum atomic E-state index is -0.231. The number of aliphatic hydroxyl groups excluding tert-OH is 1. The zero-order valence-electron chi connectivity index (χ0n) is 9.90. The average Bonchev–Trinajstić information content (AvgIpc) is 2.25. The van der Waals surface area contributed by atoms with Crippen molar-refractivity contribution in [2.75, 3.05) is 6.61 Å². The Labute approximate surface area is 95.7 Å². The zero-order valence-corrected chi connectivity index (χ0v) is 9.90. The number of pyridine rings is 1. The van der Waals surface area contributed by atoms with Crippen molar-refractivity contribution in [1.29, 1.82) is 0 Å². The van der Waals surface area contributed by atoms with Crippen LogP contribution in [0, 0.1) is 12.8 Å². The summed E-state index contributed by atoms with van der Waals surface area (Å²) in [5.74, 6) is -0.0381. The Morgan fingerprint density at radius 2 is 2.25 bits per heavy atom. The van der Waals surface area contributed by atoms with Crippen LogP contribution in [-0.2, 0) is 0 Å². The minimum Gasteiger partial charge on any atom is -0.394 e. The summed E-state index contributed by atoms with van der Waals surface area (Å²) in [6.07, 6.45) is 1.59. The molecule has 0 radical (unpaired) electrons. The summed E-state index contributed by atoms with van der Waals surface area (Å²) in [7, 11) is 0. The zero-order chi connectivity index (χ0) is 12.1. The van der Waals surface area contributed by atoms with Crippen molar-refractivity contribution >= 4 is 5.91 Å². The third-order valence-electron chi connectivity index (χ3n) is 2.54. The number of aliphatic hydroxyl groups is 1. The van der Waals surface area contributed by atoms with Crippen LogP contribution in [0.1, 0.15) is 29.9 Å². The molecule has 0 aromatic carbocycles. The van der Waals surface area contributed by atoms with Crippen LogP contribution < -0.4 is 5.32 Å². The minimum absolute atomic E-state index is 0.0602. The van der Waals surface area contributed by atoms with Crippen molar-refractivity contribution in [2.45, 2.75) is 26.8 Å². The van der Waals surface area contributed by atoms with Crippen LogP contribution in [0.25, 0.3) is 0 Å². The monoisotopic (exact) mass is 222 g/mol. The van der Waals surface area contributed by atoms with Crippen LogP contribution in [0.5, 0.6) is 0 Å². The van der Waals surface area contributed by atoms with Gasteiger partial charge in [-0.05, 0) is 24.5 Å². The molecule has 0 bridgehead atoms. The first-order chi connectivity index (χ1) is 7.56. The molecule has 88 valence electrons. The molecule has 0 fully saturated rings. The highest BCUT2D eigenvalue weighted by atomic mass is 16.3. The van der Waals surface area contributed by atoms with E-state index in [0.29, 0.717) is 5.69 Å². The fourth-order valence-electron chi connectivity index (χ4n) is 1.38. The maximum atomic E-state index is 11.9. The van der Waals surface area contributed by atoms with E-state index >= 15 is 0 Å². The van der Waals surface area contributed by atoms with Crippen molar-refractivity contribution in [2.24, 2.45) is 5.92 Å². The van der Waals surface area contributed by atoms with Gasteiger partial charge in [0.1, 0.15) is 5.69 Å². The van der Waals surface area contributed by atoms with Gasteiger partial charge in [-0.1, -0.05) is 19.9 Å². The van der Waals surface area contributed by atoms with Gasteiger partial charge in [0.15, 0.2) is 0 Å². The van der Waals surface area contributed by atoms with Gasteiger partial charge < -0.3 is 10.4 Å². The second-order valence-electron chi connectivity index (χ2n) is 4.18. The van der Waals surface area contributed by atoms with E-state index in [4.69, 9.17) is 5.11 Å². The number of hydrogen-bond acceptors (Lipinski definition) is 3. The van der Waals surface area contributed by atoms with E-state index in [1.165, 1.54) is 0 Å². The lowest BCUT2D eigenvalue weighted by atomic mass is 10.1. The number of rotatable bonds is 4. The number of aromatic nitrogens is 1. The largest absolute Gasteiger partial charge is 0.394 e. The predicted octanol–water partition coefficient (Wildman–Crippen LogP) is 1.14. The summed E-state index contributed by atoms with van der Waals surface area (Å²) in [5, 5.41) is 11.9. The van der Waals surface area contributed by atoms with Gasteiger partial charge in [0.25, 0.3) is 5.91 Å². The van der Waals surface area contributed by atoms with Gasteiger partial charge in [0.05, 0.1) is 12.6 Å². The van der Waals surface area contributed by atoms with E-state index in [9.17, 15) is 4.79 Å². The van der Waals surface area contributed by atoms with Gasteiger partial charge in [0.2, 0.25) is 0 Å². The van der Waals surface area contributed by atoms with Gasteiger partial charge in [-0.25, -0.2) is 0 Å². The first kappa shape index (κ1) is 12.6. The highest BCUT2D eigenvalue weighted by Crippen LogP contribution is 2.06. The molecule has 0 aliphatic carbocycles. The highest BCUT2D eigenvalue weighted by molar-refractivity contribution is 5.93. The average molecular weight is 222 g/mol. The predicted molar refractivity (Wildman–Crippen MR) is 62.2 cm³/mol.